The van der Waals surface area contributed by atoms with Crippen molar-refractivity contribution in [1.29, 1.82) is 0 Å². The molecule has 1 saturated carbocycles. The number of hydrogen-bond acceptors (Lipinski definition) is 4. The lowest BCUT2D eigenvalue weighted by atomic mass is 9.72. The molecule has 36 heavy (non-hydrogen) atoms. The van der Waals surface area contributed by atoms with Crippen LogP contribution < -0.4 is 16.0 Å². The average Bonchev–Trinajstić information content (AvgIpc) is 3.36. The molecule has 192 valence electrons. The van der Waals surface area contributed by atoms with Crippen molar-refractivity contribution in [3.63, 3.8) is 0 Å². The topological polar surface area (TPSA) is 109 Å². The molecule has 0 spiro atoms. The van der Waals surface area contributed by atoms with Crippen LogP contribution in [0.15, 0.2) is 12.1 Å². The summed E-state index contributed by atoms with van der Waals surface area (Å²) in [6, 6.07) is 1.87. The molecule has 0 saturated heterocycles. The number of anilines is 1. The van der Waals surface area contributed by atoms with Crippen molar-refractivity contribution in [3.05, 3.63) is 51.3 Å². The highest BCUT2D eigenvalue weighted by atomic mass is 35.5. The van der Waals surface area contributed by atoms with Gasteiger partial charge in [-0.25, -0.2) is 17.6 Å². The number of carbonyl (C=O) groups is 4. The number of alkyl halides is 2. The van der Waals surface area contributed by atoms with E-state index in [1.807, 2.05) is 0 Å². The third-order valence-corrected chi connectivity index (χ3v) is 6.82. The fraction of sp³-hybridized carbons (Fsp3) is 0.391. The van der Waals surface area contributed by atoms with Gasteiger partial charge in [-0.05, 0) is 37.5 Å². The number of fused-ring (bicyclic) bond motifs is 1. The third kappa shape index (κ3) is 4.12. The Labute approximate surface area is 207 Å². The Balaban J connectivity index is 1.64. The summed E-state index contributed by atoms with van der Waals surface area (Å²) in [6.45, 7) is 1.75. The van der Waals surface area contributed by atoms with Gasteiger partial charge < -0.3 is 20.5 Å². The second-order valence-electron chi connectivity index (χ2n) is 8.88. The number of carbonyl (C=O) groups excluding carboxylic acids is 4. The maximum Gasteiger partial charge on any atom is 0.293 e. The summed E-state index contributed by atoms with van der Waals surface area (Å²) in [7, 11) is 1.22. The summed E-state index contributed by atoms with van der Waals surface area (Å²) < 4.78 is 56.4. The Hall–Kier alpha value is -3.41. The fourth-order valence-electron chi connectivity index (χ4n) is 4.88. The Bertz CT molecular complexity index is 1320. The number of benzene rings is 1. The van der Waals surface area contributed by atoms with Crippen LogP contribution in [0.3, 0.4) is 0 Å². The molecule has 8 nitrogen and oxygen atoms in total. The van der Waals surface area contributed by atoms with E-state index in [-0.39, 0.29) is 22.5 Å². The number of nitrogens with one attached hydrogen (secondary N) is 3. The van der Waals surface area contributed by atoms with Crippen LogP contribution in [0.1, 0.15) is 51.4 Å². The van der Waals surface area contributed by atoms with Crippen LogP contribution in [0.25, 0.3) is 0 Å². The van der Waals surface area contributed by atoms with Gasteiger partial charge in [-0.2, -0.15) is 0 Å². The second-order valence-corrected chi connectivity index (χ2v) is 9.26. The van der Waals surface area contributed by atoms with Crippen molar-refractivity contribution >= 4 is 40.8 Å². The van der Waals surface area contributed by atoms with Gasteiger partial charge in [0.1, 0.15) is 22.1 Å². The van der Waals surface area contributed by atoms with Gasteiger partial charge in [0, 0.05) is 32.1 Å². The smallest absolute Gasteiger partial charge is 0.293 e. The van der Waals surface area contributed by atoms with Gasteiger partial charge in [0.2, 0.25) is 5.91 Å². The maximum absolute atomic E-state index is 14.3. The van der Waals surface area contributed by atoms with Crippen molar-refractivity contribution in [2.75, 3.05) is 12.4 Å². The zero-order valence-electron chi connectivity index (χ0n) is 19.2. The molecule has 0 radical (unpaired) electrons. The first-order valence-electron chi connectivity index (χ1n) is 11.0. The molecular weight excluding hydrogens is 508 g/mol. The predicted molar refractivity (Wildman–Crippen MR) is 120 cm³/mol. The van der Waals surface area contributed by atoms with Crippen molar-refractivity contribution in [2.24, 2.45) is 0 Å². The molecule has 2 heterocycles. The zero-order chi connectivity index (χ0) is 26.6. The lowest BCUT2D eigenvalue weighted by molar-refractivity contribution is -0.164. The molecule has 1 aromatic heterocycles. The molecule has 4 rings (SSSR count). The normalized spacial score (nSPS) is 17.1. The highest BCUT2D eigenvalue weighted by Gasteiger charge is 2.62. The summed E-state index contributed by atoms with van der Waals surface area (Å²) in [6.07, 6.45) is -1.02. The first kappa shape index (κ1) is 25.7. The van der Waals surface area contributed by atoms with Gasteiger partial charge >= 0.3 is 0 Å². The molecule has 0 atom stereocenters. The molecule has 1 aliphatic carbocycles. The van der Waals surface area contributed by atoms with Gasteiger partial charge in [0.25, 0.3) is 23.5 Å². The van der Waals surface area contributed by atoms with E-state index in [2.05, 4.69) is 16.0 Å². The molecule has 1 aliphatic heterocycles. The highest BCUT2D eigenvalue weighted by molar-refractivity contribution is 6.44. The van der Waals surface area contributed by atoms with Gasteiger partial charge in [-0.3, -0.25) is 19.2 Å². The van der Waals surface area contributed by atoms with Gasteiger partial charge in [-0.15, -0.1) is 0 Å². The molecular formula is C23H21ClF4N4O4. The SMILES string of the molecule is CNC(=O)C1(NC(=O)C(=O)c2c(C)c(C(=O)Nc3ccc(F)c(Cl)c3F)n3c2CCC3)CC(F)(F)C1. The van der Waals surface area contributed by atoms with E-state index in [9.17, 15) is 36.7 Å². The number of hydrogen-bond donors (Lipinski definition) is 3. The Kier molecular flexibility index (Phi) is 6.36. The number of halogens is 5. The van der Waals surface area contributed by atoms with E-state index >= 15 is 0 Å². The minimum Gasteiger partial charge on any atom is -0.357 e. The lowest BCUT2D eigenvalue weighted by Gasteiger charge is -2.45. The third-order valence-electron chi connectivity index (χ3n) is 6.48. The quantitative estimate of drug-likeness (QED) is 0.232. The van der Waals surface area contributed by atoms with Crippen LogP contribution in [-0.2, 0) is 22.6 Å². The lowest BCUT2D eigenvalue weighted by Crippen LogP contribution is -2.69. The minimum atomic E-state index is -3.17. The standard InChI is InChI=1S/C23H21ClF4N4O4/c1-10-14(18(33)20(35)31-22(21(36)29-2)8-23(27,28)9-22)13-4-3-7-32(13)17(10)19(34)30-12-6-5-11(25)15(24)16(12)26/h5-6H,3-4,7-9H2,1-2H3,(H,29,36)(H,30,34)(H,31,35). The van der Waals surface area contributed by atoms with E-state index in [1.165, 1.54) is 18.5 Å². The largest absolute Gasteiger partial charge is 0.357 e. The van der Waals surface area contributed by atoms with Crippen molar-refractivity contribution in [1.82, 2.24) is 15.2 Å². The molecule has 3 amide bonds. The molecule has 0 bridgehead atoms. The van der Waals surface area contributed by atoms with Gasteiger partial charge in [-0.1, -0.05) is 11.6 Å². The van der Waals surface area contributed by atoms with Crippen LogP contribution in [0, 0.1) is 18.6 Å². The highest BCUT2D eigenvalue weighted by Crippen LogP contribution is 2.46. The van der Waals surface area contributed by atoms with E-state index in [0.29, 0.717) is 25.1 Å². The Morgan fingerprint density at radius 1 is 1.11 bits per heavy atom. The number of amides is 3. The summed E-state index contributed by atoms with van der Waals surface area (Å²) in [5.74, 6) is -9.38. The Morgan fingerprint density at radius 3 is 2.39 bits per heavy atom. The zero-order valence-corrected chi connectivity index (χ0v) is 19.9. The van der Waals surface area contributed by atoms with Gasteiger partial charge in [0.15, 0.2) is 5.82 Å². The minimum absolute atomic E-state index is 0.0188. The first-order chi connectivity index (χ1) is 16.8. The van der Waals surface area contributed by atoms with Crippen LogP contribution >= 0.6 is 11.6 Å². The van der Waals surface area contributed by atoms with Crippen LogP contribution in [-0.4, -0.2) is 46.6 Å². The molecule has 2 aliphatic rings. The summed E-state index contributed by atoms with van der Waals surface area (Å²) in [5.41, 5.74) is -1.93. The van der Waals surface area contributed by atoms with Crippen molar-refractivity contribution < 1.29 is 36.7 Å². The van der Waals surface area contributed by atoms with E-state index in [0.717, 1.165) is 12.1 Å². The number of aromatic nitrogens is 1. The molecule has 0 unspecified atom stereocenters. The first-order valence-corrected chi connectivity index (χ1v) is 11.3. The molecule has 1 fully saturated rings. The maximum atomic E-state index is 14.3. The van der Waals surface area contributed by atoms with Crippen LogP contribution in [0.5, 0.6) is 0 Å². The monoisotopic (exact) mass is 528 g/mol. The molecule has 3 N–H and O–H groups in total. The van der Waals surface area contributed by atoms with Gasteiger partial charge in [0.05, 0.1) is 11.3 Å². The number of Topliss-reactive ketones (excluding diaryl/α,β-unsaturated/α-hetero) is 1. The summed E-state index contributed by atoms with van der Waals surface area (Å²) in [4.78, 5) is 51.2. The van der Waals surface area contributed by atoms with E-state index < -0.39 is 64.5 Å². The van der Waals surface area contributed by atoms with Crippen LogP contribution in [0.2, 0.25) is 5.02 Å². The predicted octanol–water partition coefficient (Wildman–Crippen LogP) is 3.14. The van der Waals surface area contributed by atoms with Crippen molar-refractivity contribution in [2.45, 2.75) is 50.6 Å². The summed E-state index contributed by atoms with van der Waals surface area (Å²) in [5, 5.41) is 5.88. The number of ketones is 1. The molecule has 1 aromatic carbocycles. The van der Waals surface area contributed by atoms with Crippen molar-refractivity contribution in [3.8, 4) is 0 Å². The fourth-order valence-corrected chi connectivity index (χ4v) is 5.05. The number of nitrogens with zero attached hydrogens (tertiary/aromatic N) is 1. The van der Waals surface area contributed by atoms with Crippen LogP contribution in [0.4, 0.5) is 23.2 Å². The number of likely N-dealkylation sites (N-methyl/N-ethyl adjacent to an activating group) is 1. The summed E-state index contributed by atoms with van der Waals surface area (Å²) >= 11 is 5.57. The van der Waals surface area contributed by atoms with E-state index in [4.69, 9.17) is 11.6 Å². The molecule has 2 aromatic rings. The number of rotatable bonds is 6. The van der Waals surface area contributed by atoms with E-state index in [1.54, 1.807) is 0 Å². The Morgan fingerprint density at radius 2 is 1.78 bits per heavy atom. The molecule has 13 heteroatoms. The second kappa shape index (κ2) is 8.91. The average molecular weight is 529 g/mol.